The zero-order valence-electron chi connectivity index (χ0n) is 12.1. The lowest BCUT2D eigenvalue weighted by atomic mass is 10.1. The molecule has 21 heavy (non-hydrogen) atoms. The molecule has 0 spiro atoms. The first-order valence-electron chi connectivity index (χ1n) is 6.72. The second-order valence-electron chi connectivity index (χ2n) is 4.78. The van der Waals surface area contributed by atoms with Crippen LogP contribution in [0.4, 0.5) is 11.4 Å². The van der Waals surface area contributed by atoms with Crippen LogP contribution in [0.1, 0.15) is 11.1 Å². The number of aryl methyl sites for hydroxylation is 1. The zero-order valence-corrected chi connectivity index (χ0v) is 12.1. The molecule has 110 valence electrons. The number of nitrogens with zero attached hydrogens (tertiary/aromatic N) is 1. The van der Waals surface area contributed by atoms with Gasteiger partial charge in [0, 0.05) is 24.4 Å². The molecule has 2 aromatic rings. The van der Waals surface area contributed by atoms with Crippen LogP contribution >= 0.6 is 0 Å². The van der Waals surface area contributed by atoms with Crippen molar-refractivity contribution in [3.63, 3.8) is 0 Å². The molecule has 0 fully saturated rings. The third-order valence-electron chi connectivity index (χ3n) is 3.28. The molecule has 5 heteroatoms. The fourth-order valence-electron chi connectivity index (χ4n) is 2.12. The van der Waals surface area contributed by atoms with E-state index in [2.05, 4.69) is 5.32 Å². The predicted octanol–water partition coefficient (Wildman–Crippen LogP) is 3.57. The summed E-state index contributed by atoms with van der Waals surface area (Å²) in [5.41, 5.74) is 3.31. The Labute approximate surface area is 123 Å². The molecule has 0 unspecified atom stereocenters. The van der Waals surface area contributed by atoms with Crippen molar-refractivity contribution in [3.8, 4) is 5.75 Å². The van der Waals surface area contributed by atoms with Gasteiger partial charge >= 0.3 is 0 Å². The standard InChI is InChI=1S/C16H18N2O3/c1-12-11-14(5-8-16(12)21-2)17-10-9-13-3-6-15(7-4-13)18(19)20/h3-8,11,17H,9-10H2,1-2H3. The molecule has 0 aliphatic carbocycles. The van der Waals surface area contributed by atoms with Gasteiger partial charge in [-0.05, 0) is 42.7 Å². The second-order valence-corrected chi connectivity index (χ2v) is 4.78. The molecule has 2 rings (SSSR count). The highest BCUT2D eigenvalue weighted by molar-refractivity contribution is 5.50. The first-order chi connectivity index (χ1) is 10.1. The minimum absolute atomic E-state index is 0.123. The molecule has 0 bridgehead atoms. The molecule has 0 atom stereocenters. The van der Waals surface area contributed by atoms with Crippen LogP contribution in [0.15, 0.2) is 42.5 Å². The topological polar surface area (TPSA) is 64.4 Å². The number of anilines is 1. The summed E-state index contributed by atoms with van der Waals surface area (Å²) < 4.78 is 5.22. The van der Waals surface area contributed by atoms with E-state index in [1.807, 2.05) is 25.1 Å². The van der Waals surface area contributed by atoms with Gasteiger partial charge in [0.15, 0.2) is 0 Å². The van der Waals surface area contributed by atoms with E-state index in [0.29, 0.717) is 0 Å². The molecule has 0 aromatic heterocycles. The van der Waals surface area contributed by atoms with E-state index >= 15 is 0 Å². The normalized spacial score (nSPS) is 10.2. The monoisotopic (exact) mass is 286 g/mol. The van der Waals surface area contributed by atoms with E-state index in [1.54, 1.807) is 19.2 Å². The fourth-order valence-corrected chi connectivity index (χ4v) is 2.12. The van der Waals surface area contributed by atoms with Gasteiger partial charge in [-0.3, -0.25) is 10.1 Å². The van der Waals surface area contributed by atoms with Gasteiger partial charge in [-0.2, -0.15) is 0 Å². The number of hydrogen-bond donors (Lipinski definition) is 1. The smallest absolute Gasteiger partial charge is 0.269 e. The summed E-state index contributed by atoms with van der Waals surface area (Å²) in [7, 11) is 1.66. The zero-order chi connectivity index (χ0) is 15.2. The van der Waals surface area contributed by atoms with Crippen LogP contribution < -0.4 is 10.1 Å². The van der Waals surface area contributed by atoms with Crippen LogP contribution in [0.5, 0.6) is 5.75 Å². The van der Waals surface area contributed by atoms with Crippen LogP contribution in [0.2, 0.25) is 0 Å². The molecule has 0 saturated carbocycles. The molecular formula is C16H18N2O3. The van der Waals surface area contributed by atoms with E-state index in [9.17, 15) is 10.1 Å². The molecule has 0 aliphatic rings. The highest BCUT2D eigenvalue weighted by Gasteiger charge is 2.04. The van der Waals surface area contributed by atoms with Crippen molar-refractivity contribution in [1.82, 2.24) is 0 Å². The lowest BCUT2D eigenvalue weighted by Crippen LogP contribution is -2.05. The summed E-state index contributed by atoms with van der Waals surface area (Å²) in [4.78, 5) is 10.2. The minimum atomic E-state index is -0.387. The number of hydrogen-bond acceptors (Lipinski definition) is 4. The van der Waals surface area contributed by atoms with Crippen molar-refractivity contribution < 1.29 is 9.66 Å². The van der Waals surface area contributed by atoms with E-state index in [0.717, 1.165) is 35.5 Å². The van der Waals surface area contributed by atoms with Gasteiger partial charge in [-0.1, -0.05) is 12.1 Å². The maximum Gasteiger partial charge on any atom is 0.269 e. The quantitative estimate of drug-likeness (QED) is 0.651. The van der Waals surface area contributed by atoms with Crippen LogP contribution in [0.3, 0.4) is 0 Å². The number of nitrogens with one attached hydrogen (secondary N) is 1. The Bertz CT molecular complexity index is 624. The van der Waals surface area contributed by atoms with Crippen molar-refractivity contribution >= 4 is 11.4 Å². The van der Waals surface area contributed by atoms with E-state index < -0.39 is 0 Å². The summed E-state index contributed by atoms with van der Waals surface area (Å²) >= 11 is 0. The van der Waals surface area contributed by atoms with Gasteiger partial charge in [0.05, 0.1) is 12.0 Å². The van der Waals surface area contributed by atoms with Gasteiger partial charge in [0.2, 0.25) is 0 Å². The van der Waals surface area contributed by atoms with Crippen LogP contribution in [0.25, 0.3) is 0 Å². The number of nitro groups is 1. The van der Waals surface area contributed by atoms with Crippen molar-refractivity contribution in [1.29, 1.82) is 0 Å². The number of nitro benzene ring substituents is 1. The highest BCUT2D eigenvalue weighted by atomic mass is 16.6. The summed E-state index contributed by atoms with van der Waals surface area (Å²) in [6.07, 6.45) is 0.809. The molecular weight excluding hydrogens is 268 g/mol. The molecule has 5 nitrogen and oxygen atoms in total. The number of ether oxygens (including phenoxy) is 1. The Morgan fingerprint density at radius 2 is 1.90 bits per heavy atom. The summed E-state index contributed by atoms with van der Waals surface area (Å²) in [6, 6.07) is 12.6. The summed E-state index contributed by atoms with van der Waals surface area (Å²) in [5.74, 6) is 0.871. The Kier molecular flexibility index (Phi) is 4.77. The molecule has 0 radical (unpaired) electrons. The van der Waals surface area contributed by atoms with Crippen LogP contribution in [0, 0.1) is 17.0 Å². The van der Waals surface area contributed by atoms with E-state index in [1.165, 1.54) is 12.1 Å². The van der Waals surface area contributed by atoms with Crippen LogP contribution in [-0.4, -0.2) is 18.6 Å². The van der Waals surface area contributed by atoms with Crippen molar-refractivity contribution in [2.24, 2.45) is 0 Å². The van der Waals surface area contributed by atoms with Gasteiger partial charge in [-0.25, -0.2) is 0 Å². The predicted molar refractivity (Wildman–Crippen MR) is 83.0 cm³/mol. The highest BCUT2D eigenvalue weighted by Crippen LogP contribution is 2.21. The maximum atomic E-state index is 10.6. The first kappa shape index (κ1) is 14.8. The maximum absolute atomic E-state index is 10.6. The molecule has 0 saturated heterocycles. The first-order valence-corrected chi connectivity index (χ1v) is 6.72. The van der Waals surface area contributed by atoms with E-state index in [-0.39, 0.29) is 10.6 Å². The molecule has 1 N–H and O–H groups in total. The molecule has 0 heterocycles. The largest absolute Gasteiger partial charge is 0.496 e. The molecule has 0 aliphatic heterocycles. The molecule has 0 amide bonds. The van der Waals surface area contributed by atoms with Crippen molar-refractivity contribution in [2.45, 2.75) is 13.3 Å². The minimum Gasteiger partial charge on any atom is -0.496 e. The SMILES string of the molecule is COc1ccc(NCCc2ccc([N+](=O)[O-])cc2)cc1C. The number of methoxy groups -OCH3 is 1. The van der Waals surface area contributed by atoms with Crippen molar-refractivity contribution in [2.75, 3.05) is 19.0 Å². The molecule has 2 aromatic carbocycles. The van der Waals surface area contributed by atoms with Gasteiger partial charge in [0.1, 0.15) is 5.75 Å². The average Bonchev–Trinajstić information content (AvgIpc) is 2.48. The van der Waals surface area contributed by atoms with Gasteiger partial charge in [-0.15, -0.1) is 0 Å². The second kappa shape index (κ2) is 6.74. The van der Waals surface area contributed by atoms with Crippen LogP contribution in [-0.2, 0) is 6.42 Å². The van der Waals surface area contributed by atoms with Gasteiger partial charge < -0.3 is 10.1 Å². The third kappa shape index (κ3) is 3.95. The number of non-ortho nitro benzene ring substituents is 1. The van der Waals surface area contributed by atoms with Crippen molar-refractivity contribution in [3.05, 3.63) is 63.7 Å². The fraction of sp³-hybridized carbons (Fsp3) is 0.250. The van der Waals surface area contributed by atoms with Gasteiger partial charge in [0.25, 0.3) is 5.69 Å². The Morgan fingerprint density at radius 1 is 1.19 bits per heavy atom. The Hall–Kier alpha value is -2.56. The Balaban J connectivity index is 1.89. The lowest BCUT2D eigenvalue weighted by Gasteiger charge is -2.10. The average molecular weight is 286 g/mol. The summed E-state index contributed by atoms with van der Waals surface area (Å²) in [6.45, 7) is 2.77. The third-order valence-corrected chi connectivity index (χ3v) is 3.28. The lowest BCUT2D eigenvalue weighted by molar-refractivity contribution is -0.384. The Morgan fingerprint density at radius 3 is 2.48 bits per heavy atom. The van der Waals surface area contributed by atoms with E-state index in [4.69, 9.17) is 4.74 Å². The summed E-state index contributed by atoms with van der Waals surface area (Å²) in [5, 5.41) is 13.9. The number of rotatable bonds is 6. The number of benzene rings is 2.